The van der Waals surface area contributed by atoms with Crippen LogP contribution in [-0.2, 0) is 19.4 Å². The number of nitrogen functional groups attached to an aromatic ring is 1. The van der Waals surface area contributed by atoms with E-state index in [-0.39, 0.29) is 17.4 Å². The van der Waals surface area contributed by atoms with E-state index in [1.165, 1.54) is 11.1 Å². The van der Waals surface area contributed by atoms with Gasteiger partial charge in [0.25, 0.3) is 5.91 Å². The number of amides is 1. The summed E-state index contributed by atoms with van der Waals surface area (Å²) in [6.45, 7) is 0.762. The summed E-state index contributed by atoms with van der Waals surface area (Å²) in [7, 11) is 1.54. The van der Waals surface area contributed by atoms with Gasteiger partial charge in [0.15, 0.2) is 11.5 Å². The second-order valence-corrected chi connectivity index (χ2v) is 8.08. The van der Waals surface area contributed by atoms with E-state index < -0.39 is 0 Å². The minimum atomic E-state index is -0.345. The molecular formula is C22H22BrN5O. The van der Waals surface area contributed by atoms with E-state index in [0.29, 0.717) is 11.7 Å². The number of benzene rings is 2. The number of hydrogen-bond acceptors (Lipinski definition) is 5. The Labute approximate surface area is 178 Å². The summed E-state index contributed by atoms with van der Waals surface area (Å²) in [5.41, 5.74) is 11.4. The van der Waals surface area contributed by atoms with Crippen molar-refractivity contribution >= 4 is 27.7 Å². The average molecular weight is 452 g/mol. The van der Waals surface area contributed by atoms with Crippen molar-refractivity contribution < 1.29 is 4.79 Å². The van der Waals surface area contributed by atoms with Gasteiger partial charge < -0.3 is 16.4 Å². The van der Waals surface area contributed by atoms with E-state index in [1.54, 1.807) is 13.2 Å². The first kappa shape index (κ1) is 19.5. The average Bonchev–Trinajstić information content (AvgIpc) is 3.14. The Morgan fingerprint density at radius 2 is 2.03 bits per heavy atom. The van der Waals surface area contributed by atoms with Gasteiger partial charge in [0, 0.05) is 29.7 Å². The third-order valence-electron chi connectivity index (χ3n) is 5.16. The summed E-state index contributed by atoms with van der Waals surface area (Å²) in [4.78, 5) is 20.5. The van der Waals surface area contributed by atoms with Crippen LogP contribution in [-0.4, -0.2) is 29.0 Å². The molecule has 1 amide bonds. The van der Waals surface area contributed by atoms with Gasteiger partial charge in [0.05, 0.1) is 11.9 Å². The number of nitrogens with two attached hydrogens (primary N) is 1. The maximum atomic E-state index is 11.9. The molecule has 3 aromatic rings. The summed E-state index contributed by atoms with van der Waals surface area (Å²) in [5.74, 6) is -0.222. The second-order valence-electron chi connectivity index (χ2n) is 7.17. The molecular weight excluding hydrogens is 430 g/mol. The fourth-order valence-electron chi connectivity index (χ4n) is 3.66. The Kier molecular flexibility index (Phi) is 5.60. The molecule has 1 aromatic heterocycles. The van der Waals surface area contributed by atoms with Crippen LogP contribution in [0.3, 0.4) is 0 Å². The predicted molar refractivity (Wildman–Crippen MR) is 117 cm³/mol. The molecule has 1 aliphatic rings. The van der Waals surface area contributed by atoms with Crippen molar-refractivity contribution in [3.05, 3.63) is 75.5 Å². The first-order valence-corrected chi connectivity index (χ1v) is 10.3. The van der Waals surface area contributed by atoms with Crippen LogP contribution in [0.2, 0.25) is 0 Å². The zero-order valence-electron chi connectivity index (χ0n) is 16.1. The van der Waals surface area contributed by atoms with Crippen LogP contribution in [0, 0.1) is 0 Å². The molecule has 4 rings (SSSR count). The van der Waals surface area contributed by atoms with Crippen LogP contribution in [0.1, 0.15) is 27.2 Å². The van der Waals surface area contributed by atoms with Gasteiger partial charge in [-0.2, -0.15) is 0 Å². The van der Waals surface area contributed by atoms with E-state index in [2.05, 4.69) is 66.9 Å². The quantitative estimate of drug-likeness (QED) is 0.553. The highest BCUT2D eigenvalue weighted by Gasteiger charge is 2.21. The standard InChI is InChI=1S/C22H22BrN5O/c1-25-22(29)20-21(24)27-12-19(28-20)15-4-2-3-13(7-15)11-26-18-9-14-5-6-17(23)8-16(14)10-18/h2-8,12,18,26H,9-11H2,1H3,(H2,24,27)(H,25,29). The Morgan fingerprint density at radius 1 is 1.21 bits per heavy atom. The minimum absolute atomic E-state index is 0.123. The molecule has 148 valence electrons. The topological polar surface area (TPSA) is 92.9 Å². The first-order chi connectivity index (χ1) is 14.0. The number of rotatable bonds is 5. The van der Waals surface area contributed by atoms with Gasteiger partial charge in [0.2, 0.25) is 0 Å². The molecule has 0 aliphatic heterocycles. The highest BCUT2D eigenvalue weighted by Crippen LogP contribution is 2.26. The van der Waals surface area contributed by atoms with Crippen LogP contribution in [0.4, 0.5) is 5.82 Å². The third-order valence-corrected chi connectivity index (χ3v) is 5.65. The van der Waals surface area contributed by atoms with Crippen molar-refractivity contribution in [2.24, 2.45) is 0 Å². The fourth-order valence-corrected chi connectivity index (χ4v) is 4.07. The van der Waals surface area contributed by atoms with Gasteiger partial charge in [-0.1, -0.05) is 40.2 Å². The Bertz CT molecular complexity index is 1070. The van der Waals surface area contributed by atoms with Crippen molar-refractivity contribution in [2.45, 2.75) is 25.4 Å². The van der Waals surface area contributed by atoms with E-state index in [9.17, 15) is 4.79 Å². The normalized spacial score (nSPS) is 15.2. The lowest BCUT2D eigenvalue weighted by Gasteiger charge is -2.13. The number of halogens is 1. The molecule has 6 nitrogen and oxygen atoms in total. The van der Waals surface area contributed by atoms with Crippen molar-refractivity contribution in [2.75, 3.05) is 12.8 Å². The number of hydrogen-bond donors (Lipinski definition) is 3. The molecule has 0 spiro atoms. The maximum Gasteiger partial charge on any atom is 0.273 e. The van der Waals surface area contributed by atoms with E-state index >= 15 is 0 Å². The van der Waals surface area contributed by atoms with Gasteiger partial charge in [-0.25, -0.2) is 9.97 Å². The molecule has 1 aliphatic carbocycles. The van der Waals surface area contributed by atoms with Crippen LogP contribution >= 0.6 is 15.9 Å². The van der Waals surface area contributed by atoms with Crippen molar-refractivity contribution in [1.82, 2.24) is 20.6 Å². The number of carbonyl (C=O) groups is 1. The molecule has 0 saturated carbocycles. The first-order valence-electron chi connectivity index (χ1n) is 9.48. The lowest BCUT2D eigenvalue weighted by molar-refractivity contribution is 0.0959. The molecule has 4 N–H and O–H groups in total. The largest absolute Gasteiger partial charge is 0.382 e. The van der Waals surface area contributed by atoms with E-state index in [4.69, 9.17) is 5.73 Å². The van der Waals surface area contributed by atoms with Crippen molar-refractivity contribution in [1.29, 1.82) is 0 Å². The molecule has 0 bridgehead atoms. The Balaban J connectivity index is 1.47. The highest BCUT2D eigenvalue weighted by molar-refractivity contribution is 9.10. The maximum absolute atomic E-state index is 11.9. The Morgan fingerprint density at radius 3 is 2.86 bits per heavy atom. The molecule has 0 fully saturated rings. The molecule has 1 atom stereocenters. The molecule has 0 saturated heterocycles. The minimum Gasteiger partial charge on any atom is -0.382 e. The SMILES string of the molecule is CNC(=O)c1nc(-c2cccc(CNC3Cc4ccc(Br)cc4C3)c2)cnc1N. The zero-order valence-corrected chi connectivity index (χ0v) is 17.7. The van der Waals surface area contributed by atoms with E-state index in [0.717, 1.165) is 35.0 Å². The summed E-state index contributed by atoms with van der Waals surface area (Å²) in [5, 5.41) is 6.20. The van der Waals surface area contributed by atoms with E-state index in [1.807, 2.05) is 12.1 Å². The monoisotopic (exact) mass is 451 g/mol. The molecule has 2 aromatic carbocycles. The number of aromatic nitrogens is 2. The lowest BCUT2D eigenvalue weighted by Crippen LogP contribution is -2.28. The molecule has 7 heteroatoms. The lowest BCUT2D eigenvalue weighted by atomic mass is 10.1. The summed E-state index contributed by atoms with van der Waals surface area (Å²) in [6, 6.07) is 15.0. The number of nitrogens with zero attached hydrogens (tertiary/aromatic N) is 2. The number of anilines is 1. The number of carbonyl (C=O) groups excluding carboxylic acids is 1. The summed E-state index contributed by atoms with van der Waals surface area (Å²) >= 11 is 3.55. The molecule has 1 unspecified atom stereocenters. The van der Waals surface area contributed by atoms with Gasteiger partial charge in [-0.05, 0) is 47.7 Å². The Hall–Kier alpha value is -2.77. The number of nitrogens with one attached hydrogen (secondary N) is 2. The van der Waals surface area contributed by atoms with Gasteiger partial charge in [-0.3, -0.25) is 4.79 Å². The van der Waals surface area contributed by atoms with Crippen molar-refractivity contribution in [3.63, 3.8) is 0 Å². The second kappa shape index (κ2) is 8.31. The summed E-state index contributed by atoms with van der Waals surface area (Å²) in [6.07, 6.45) is 3.68. The molecule has 1 heterocycles. The molecule has 29 heavy (non-hydrogen) atoms. The predicted octanol–water partition coefficient (Wildman–Crippen LogP) is 3.10. The van der Waals surface area contributed by atoms with Crippen molar-refractivity contribution in [3.8, 4) is 11.3 Å². The molecule has 0 radical (unpaired) electrons. The van der Waals surface area contributed by atoms with Gasteiger partial charge in [-0.15, -0.1) is 0 Å². The van der Waals surface area contributed by atoms with Crippen LogP contribution in [0.5, 0.6) is 0 Å². The van der Waals surface area contributed by atoms with Gasteiger partial charge >= 0.3 is 0 Å². The highest BCUT2D eigenvalue weighted by atomic mass is 79.9. The zero-order chi connectivity index (χ0) is 20.4. The fraction of sp³-hybridized carbons (Fsp3) is 0.227. The van der Waals surface area contributed by atoms with Crippen LogP contribution in [0.25, 0.3) is 11.3 Å². The summed E-state index contributed by atoms with van der Waals surface area (Å²) < 4.78 is 1.13. The smallest absolute Gasteiger partial charge is 0.273 e. The van der Waals surface area contributed by atoms with Crippen LogP contribution < -0.4 is 16.4 Å². The van der Waals surface area contributed by atoms with Crippen LogP contribution in [0.15, 0.2) is 53.1 Å². The van der Waals surface area contributed by atoms with Gasteiger partial charge in [0.1, 0.15) is 0 Å². The third kappa shape index (κ3) is 4.31. The number of fused-ring (bicyclic) bond motifs is 1.